The summed E-state index contributed by atoms with van der Waals surface area (Å²) in [6.45, 7) is 9.78. The lowest BCUT2D eigenvalue weighted by molar-refractivity contribution is -0.140. The predicted octanol–water partition coefficient (Wildman–Crippen LogP) is 4.30. The first kappa shape index (κ1) is 28.7. The van der Waals surface area contributed by atoms with Crippen molar-refractivity contribution in [3.05, 3.63) is 64.2 Å². The number of nitrogens with one attached hydrogen (secondary N) is 1. The largest absolute Gasteiger partial charge is 0.354 e. The molecule has 1 N–H and O–H groups in total. The summed E-state index contributed by atoms with van der Waals surface area (Å²) in [5, 5.41) is 3.39. The third kappa shape index (κ3) is 8.25. The van der Waals surface area contributed by atoms with Crippen molar-refractivity contribution >= 4 is 39.1 Å². The third-order valence-electron chi connectivity index (χ3n) is 5.65. The Hall–Kier alpha value is -2.58. The molecule has 0 saturated carbocycles. The number of sulfonamides is 1. The molecule has 0 fully saturated rings. The summed E-state index contributed by atoms with van der Waals surface area (Å²) >= 11 is 6.05. The van der Waals surface area contributed by atoms with Crippen molar-refractivity contribution in [2.24, 2.45) is 5.92 Å². The van der Waals surface area contributed by atoms with E-state index in [2.05, 4.69) is 5.32 Å². The van der Waals surface area contributed by atoms with E-state index in [9.17, 15) is 18.0 Å². The number of nitrogens with zero attached hydrogens (tertiary/aromatic N) is 2. The molecule has 2 rings (SSSR count). The minimum Gasteiger partial charge on any atom is -0.354 e. The van der Waals surface area contributed by atoms with Gasteiger partial charge in [-0.05, 0) is 55.5 Å². The van der Waals surface area contributed by atoms with E-state index in [-0.39, 0.29) is 18.4 Å². The van der Waals surface area contributed by atoms with E-state index >= 15 is 0 Å². The summed E-state index contributed by atoms with van der Waals surface area (Å²) in [7, 11) is -3.79. The van der Waals surface area contributed by atoms with E-state index in [1.165, 1.54) is 4.90 Å². The van der Waals surface area contributed by atoms with Gasteiger partial charge in [-0.15, -0.1) is 0 Å². The second-order valence-corrected chi connectivity index (χ2v) is 11.6. The summed E-state index contributed by atoms with van der Waals surface area (Å²) in [5.74, 6) is -0.460. The lowest BCUT2D eigenvalue weighted by Crippen LogP contribution is -2.52. The van der Waals surface area contributed by atoms with Crippen LogP contribution in [0.2, 0.25) is 5.02 Å². The Morgan fingerprint density at radius 3 is 2.20 bits per heavy atom. The molecule has 0 spiro atoms. The second kappa shape index (κ2) is 12.4. The molecule has 1 unspecified atom stereocenters. The fraction of sp³-hybridized carbons (Fsp3) is 0.462. The number of amides is 2. The van der Waals surface area contributed by atoms with Crippen LogP contribution < -0.4 is 9.62 Å². The van der Waals surface area contributed by atoms with Gasteiger partial charge in [-0.3, -0.25) is 13.9 Å². The summed E-state index contributed by atoms with van der Waals surface area (Å²) < 4.78 is 26.5. The van der Waals surface area contributed by atoms with E-state index in [0.29, 0.717) is 29.2 Å². The second-order valence-electron chi connectivity index (χ2n) is 9.27. The van der Waals surface area contributed by atoms with Crippen molar-refractivity contribution in [3.63, 3.8) is 0 Å². The Morgan fingerprint density at radius 1 is 1.06 bits per heavy atom. The predicted molar refractivity (Wildman–Crippen MR) is 142 cm³/mol. The molecule has 35 heavy (non-hydrogen) atoms. The van der Waals surface area contributed by atoms with Gasteiger partial charge in [0.25, 0.3) is 0 Å². The normalized spacial score (nSPS) is 12.3. The molecule has 0 bridgehead atoms. The first-order chi connectivity index (χ1) is 16.3. The SMILES string of the molecule is CCC(C(=O)NCC(C)C)N(Cc1ccc(C)cc1)C(=O)CN(c1ccc(Cl)cc1C)S(C)(=O)=O. The van der Waals surface area contributed by atoms with Crippen LogP contribution in [0.15, 0.2) is 42.5 Å². The van der Waals surface area contributed by atoms with Crippen LogP contribution in [0.25, 0.3) is 0 Å². The van der Waals surface area contributed by atoms with Crippen LogP contribution in [0.1, 0.15) is 43.9 Å². The van der Waals surface area contributed by atoms with Crippen LogP contribution >= 0.6 is 11.6 Å². The number of rotatable bonds is 11. The van der Waals surface area contributed by atoms with Gasteiger partial charge in [-0.25, -0.2) is 8.42 Å². The van der Waals surface area contributed by atoms with Crippen molar-refractivity contribution in [2.75, 3.05) is 23.7 Å². The zero-order valence-corrected chi connectivity index (χ0v) is 22.9. The van der Waals surface area contributed by atoms with E-state index in [4.69, 9.17) is 11.6 Å². The highest BCUT2D eigenvalue weighted by molar-refractivity contribution is 7.92. The molecule has 2 aromatic carbocycles. The monoisotopic (exact) mass is 521 g/mol. The zero-order chi connectivity index (χ0) is 26.3. The van der Waals surface area contributed by atoms with Gasteiger partial charge in [0.2, 0.25) is 21.8 Å². The molecule has 2 amide bonds. The Balaban J connectivity index is 2.44. The van der Waals surface area contributed by atoms with Gasteiger partial charge < -0.3 is 10.2 Å². The van der Waals surface area contributed by atoms with Gasteiger partial charge in [-0.2, -0.15) is 0 Å². The van der Waals surface area contributed by atoms with Gasteiger partial charge in [-0.1, -0.05) is 62.2 Å². The van der Waals surface area contributed by atoms with E-state index < -0.39 is 28.5 Å². The van der Waals surface area contributed by atoms with E-state index in [1.807, 2.05) is 52.0 Å². The van der Waals surface area contributed by atoms with Crippen LogP contribution in [0, 0.1) is 19.8 Å². The van der Waals surface area contributed by atoms with E-state index in [1.54, 1.807) is 25.1 Å². The Labute approximate surface area is 214 Å². The minimum absolute atomic E-state index is 0.184. The Bertz CT molecular complexity index is 1130. The molecular weight excluding hydrogens is 486 g/mol. The van der Waals surface area contributed by atoms with Crippen LogP contribution in [0.5, 0.6) is 0 Å². The molecule has 2 aromatic rings. The molecule has 0 radical (unpaired) electrons. The topological polar surface area (TPSA) is 86.8 Å². The van der Waals surface area contributed by atoms with Gasteiger partial charge in [0.1, 0.15) is 12.6 Å². The smallest absolute Gasteiger partial charge is 0.244 e. The first-order valence-electron chi connectivity index (χ1n) is 11.7. The molecule has 0 aliphatic rings. The van der Waals surface area contributed by atoms with Crippen molar-refractivity contribution < 1.29 is 18.0 Å². The highest BCUT2D eigenvalue weighted by atomic mass is 35.5. The molecule has 192 valence electrons. The van der Waals surface area contributed by atoms with Crippen molar-refractivity contribution in [1.82, 2.24) is 10.2 Å². The minimum atomic E-state index is -3.79. The standard InChI is InChI=1S/C26H36ClN3O4S/c1-7-23(26(32)28-15-18(2)3)29(16-21-10-8-19(4)9-11-21)25(31)17-30(35(6,33)34)24-13-12-22(27)14-20(24)5/h8-14,18,23H,7,15-17H2,1-6H3,(H,28,32). The van der Waals surface area contributed by atoms with Gasteiger partial charge >= 0.3 is 0 Å². The van der Waals surface area contributed by atoms with Crippen LogP contribution in [-0.2, 0) is 26.2 Å². The number of aryl methyl sites for hydroxylation is 2. The van der Waals surface area contributed by atoms with E-state index in [0.717, 1.165) is 21.7 Å². The van der Waals surface area contributed by atoms with Crippen LogP contribution in [0.3, 0.4) is 0 Å². The zero-order valence-electron chi connectivity index (χ0n) is 21.3. The van der Waals surface area contributed by atoms with Crippen LogP contribution in [0.4, 0.5) is 5.69 Å². The number of anilines is 1. The fourth-order valence-corrected chi connectivity index (χ4v) is 4.86. The van der Waals surface area contributed by atoms with Crippen molar-refractivity contribution in [2.45, 2.75) is 53.6 Å². The highest BCUT2D eigenvalue weighted by Gasteiger charge is 2.32. The molecule has 0 saturated heterocycles. The number of hydrogen-bond donors (Lipinski definition) is 1. The molecule has 0 aliphatic heterocycles. The lowest BCUT2D eigenvalue weighted by Gasteiger charge is -2.33. The third-order valence-corrected chi connectivity index (χ3v) is 7.01. The first-order valence-corrected chi connectivity index (χ1v) is 13.9. The number of benzene rings is 2. The Kier molecular flexibility index (Phi) is 10.2. The maximum absolute atomic E-state index is 13.7. The number of hydrogen-bond acceptors (Lipinski definition) is 4. The quantitative estimate of drug-likeness (QED) is 0.477. The van der Waals surface area contributed by atoms with Crippen LogP contribution in [-0.4, -0.2) is 50.5 Å². The highest BCUT2D eigenvalue weighted by Crippen LogP contribution is 2.26. The molecule has 1 atom stereocenters. The Morgan fingerprint density at radius 2 is 1.69 bits per heavy atom. The summed E-state index contributed by atoms with van der Waals surface area (Å²) in [5.41, 5.74) is 2.93. The summed E-state index contributed by atoms with van der Waals surface area (Å²) in [4.78, 5) is 28.2. The maximum Gasteiger partial charge on any atom is 0.244 e. The number of carbonyl (C=O) groups excluding carboxylic acids is 2. The molecule has 0 heterocycles. The number of carbonyl (C=O) groups is 2. The molecule has 0 aromatic heterocycles. The maximum atomic E-state index is 13.7. The van der Waals surface area contributed by atoms with Crippen molar-refractivity contribution in [3.8, 4) is 0 Å². The lowest BCUT2D eigenvalue weighted by atomic mass is 10.1. The van der Waals surface area contributed by atoms with Gasteiger partial charge in [0.15, 0.2) is 0 Å². The fourth-order valence-electron chi connectivity index (χ4n) is 3.73. The van der Waals surface area contributed by atoms with Crippen molar-refractivity contribution in [1.29, 1.82) is 0 Å². The molecule has 0 aliphatic carbocycles. The average molecular weight is 522 g/mol. The summed E-state index contributed by atoms with van der Waals surface area (Å²) in [6, 6.07) is 11.8. The molecular formula is C26H36ClN3O4S. The molecule has 7 nitrogen and oxygen atoms in total. The molecule has 9 heteroatoms. The summed E-state index contributed by atoms with van der Waals surface area (Å²) in [6.07, 6.45) is 1.45. The van der Waals surface area contributed by atoms with Gasteiger partial charge in [0, 0.05) is 18.1 Å². The number of halogens is 1. The van der Waals surface area contributed by atoms with Gasteiger partial charge in [0.05, 0.1) is 11.9 Å². The average Bonchev–Trinajstić information content (AvgIpc) is 2.76.